The van der Waals surface area contributed by atoms with Crippen LogP contribution in [0.15, 0.2) is 0 Å². The lowest BCUT2D eigenvalue weighted by Crippen LogP contribution is -2.43. The van der Waals surface area contributed by atoms with E-state index in [1.165, 1.54) is 12.8 Å². The summed E-state index contributed by atoms with van der Waals surface area (Å²) in [6.45, 7) is 3.83. The maximum absolute atomic E-state index is 11.3. The molecule has 1 unspecified atom stereocenters. The average Bonchev–Trinajstić information content (AvgIpc) is 2.86. The molecule has 1 aliphatic rings. The van der Waals surface area contributed by atoms with Gasteiger partial charge in [-0.15, -0.1) is 0 Å². The Balaban J connectivity index is 2.25. The normalized spacial score (nSPS) is 20.8. The molecule has 13 heavy (non-hydrogen) atoms. The van der Waals surface area contributed by atoms with Gasteiger partial charge in [0.15, 0.2) is 0 Å². The molecule has 0 radical (unpaired) electrons. The highest BCUT2D eigenvalue weighted by atomic mass is 16.2. The second-order valence-electron chi connectivity index (χ2n) is 4.08. The average molecular weight is 184 g/mol. The maximum atomic E-state index is 11.3. The van der Waals surface area contributed by atoms with Crippen LogP contribution < -0.4 is 11.1 Å². The number of hydrogen-bond donors (Lipinski definition) is 2. The Morgan fingerprint density at radius 1 is 1.62 bits per heavy atom. The first kappa shape index (κ1) is 10.5. The summed E-state index contributed by atoms with van der Waals surface area (Å²) in [7, 11) is 0. The highest BCUT2D eigenvalue weighted by Crippen LogP contribution is 2.33. The molecule has 1 fully saturated rings. The Labute approximate surface area is 80.1 Å². The summed E-state index contributed by atoms with van der Waals surface area (Å²) in [6.07, 6.45) is 4.82. The van der Waals surface area contributed by atoms with Gasteiger partial charge >= 0.3 is 0 Å². The summed E-state index contributed by atoms with van der Waals surface area (Å²) >= 11 is 0. The van der Waals surface area contributed by atoms with Crippen molar-refractivity contribution in [3.63, 3.8) is 0 Å². The molecule has 0 bridgehead atoms. The van der Waals surface area contributed by atoms with Crippen LogP contribution in [0.1, 0.15) is 39.5 Å². The van der Waals surface area contributed by atoms with Crippen molar-refractivity contribution in [3.8, 4) is 0 Å². The van der Waals surface area contributed by atoms with Crippen LogP contribution in [0, 0.1) is 5.92 Å². The predicted octanol–water partition coefficient (Wildman–Crippen LogP) is 1.03. The molecular weight excluding hydrogens is 164 g/mol. The van der Waals surface area contributed by atoms with Crippen LogP contribution in [0.5, 0.6) is 0 Å². The molecular formula is C10H20N2O. The maximum Gasteiger partial charge on any atom is 0.236 e. The molecule has 76 valence electrons. The van der Waals surface area contributed by atoms with Crippen molar-refractivity contribution >= 4 is 5.91 Å². The van der Waals surface area contributed by atoms with E-state index in [0.29, 0.717) is 6.04 Å². The number of nitrogens with two attached hydrogens (primary N) is 1. The van der Waals surface area contributed by atoms with Crippen LogP contribution in [0.3, 0.4) is 0 Å². The highest BCUT2D eigenvalue weighted by Gasteiger charge is 2.25. The van der Waals surface area contributed by atoms with E-state index >= 15 is 0 Å². The summed E-state index contributed by atoms with van der Waals surface area (Å²) in [5, 5.41) is 2.97. The second kappa shape index (κ2) is 4.61. The summed E-state index contributed by atoms with van der Waals surface area (Å²) in [5.74, 6) is 0.839. The third-order valence-corrected chi connectivity index (χ3v) is 2.57. The largest absolute Gasteiger partial charge is 0.352 e. The van der Waals surface area contributed by atoms with Gasteiger partial charge in [0.05, 0.1) is 6.04 Å². The molecule has 0 aromatic rings. The Hall–Kier alpha value is -0.570. The zero-order valence-corrected chi connectivity index (χ0v) is 8.55. The first-order valence-corrected chi connectivity index (χ1v) is 5.19. The molecule has 0 spiro atoms. The Morgan fingerprint density at radius 2 is 2.23 bits per heavy atom. The second-order valence-corrected chi connectivity index (χ2v) is 4.08. The fourth-order valence-electron chi connectivity index (χ4n) is 1.42. The molecule has 1 saturated carbocycles. The molecule has 1 rings (SSSR count). The number of nitrogens with one attached hydrogen (secondary N) is 1. The zero-order chi connectivity index (χ0) is 9.84. The minimum absolute atomic E-state index is 0.0208. The van der Waals surface area contributed by atoms with E-state index in [1.807, 2.05) is 0 Å². The summed E-state index contributed by atoms with van der Waals surface area (Å²) in [6, 6.07) is -0.0424. The number of carbonyl (C=O) groups is 1. The highest BCUT2D eigenvalue weighted by molar-refractivity contribution is 5.81. The molecule has 3 nitrogen and oxygen atoms in total. The third-order valence-electron chi connectivity index (χ3n) is 2.57. The molecule has 1 amide bonds. The first-order valence-electron chi connectivity index (χ1n) is 5.19. The van der Waals surface area contributed by atoms with Crippen LogP contribution in [0.2, 0.25) is 0 Å². The number of hydrogen-bond acceptors (Lipinski definition) is 2. The zero-order valence-electron chi connectivity index (χ0n) is 8.55. The lowest BCUT2D eigenvalue weighted by molar-refractivity contribution is -0.122. The van der Waals surface area contributed by atoms with Crippen molar-refractivity contribution in [3.05, 3.63) is 0 Å². The molecule has 0 saturated heterocycles. The van der Waals surface area contributed by atoms with Crippen LogP contribution >= 0.6 is 0 Å². The van der Waals surface area contributed by atoms with E-state index in [1.54, 1.807) is 6.92 Å². The smallest absolute Gasteiger partial charge is 0.236 e. The summed E-state index contributed by atoms with van der Waals surface area (Å²) < 4.78 is 0. The molecule has 3 heteroatoms. The van der Waals surface area contributed by atoms with E-state index in [9.17, 15) is 4.79 Å². The minimum Gasteiger partial charge on any atom is -0.352 e. The number of amides is 1. The summed E-state index contributed by atoms with van der Waals surface area (Å²) in [4.78, 5) is 11.3. The van der Waals surface area contributed by atoms with Crippen LogP contribution in [0.25, 0.3) is 0 Å². The van der Waals surface area contributed by atoms with Crippen molar-refractivity contribution in [2.45, 2.75) is 51.6 Å². The van der Waals surface area contributed by atoms with Gasteiger partial charge in [-0.1, -0.05) is 19.8 Å². The standard InChI is InChI=1S/C10H20N2O/c1-3-9(6-8-4-5-8)12-10(13)7(2)11/h7-9H,3-6,11H2,1-2H3,(H,12,13)/t7-,9?/m0/s1. The van der Waals surface area contributed by atoms with Gasteiger partial charge in [0.25, 0.3) is 0 Å². The van der Waals surface area contributed by atoms with Crippen molar-refractivity contribution in [2.75, 3.05) is 0 Å². The van der Waals surface area contributed by atoms with Gasteiger partial charge in [-0.3, -0.25) is 4.79 Å². The van der Waals surface area contributed by atoms with Gasteiger partial charge in [-0.2, -0.15) is 0 Å². The van der Waals surface area contributed by atoms with Crippen molar-refractivity contribution in [1.82, 2.24) is 5.32 Å². The fraction of sp³-hybridized carbons (Fsp3) is 0.900. The monoisotopic (exact) mass is 184 g/mol. The lowest BCUT2D eigenvalue weighted by Gasteiger charge is -2.17. The predicted molar refractivity (Wildman–Crippen MR) is 53.2 cm³/mol. The van der Waals surface area contributed by atoms with Gasteiger partial charge in [-0.25, -0.2) is 0 Å². The van der Waals surface area contributed by atoms with Crippen LogP contribution in [0.4, 0.5) is 0 Å². The van der Waals surface area contributed by atoms with Crippen LogP contribution in [-0.2, 0) is 4.79 Å². The van der Waals surface area contributed by atoms with Crippen molar-refractivity contribution in [1.29, 1.82) is 0 Å². The molecule has 0 aromatic carbocycles. The van der Waals surface area contributed by atoms with Crippen molar-refractivity contribution < 1.29 is 4.79 Å². The van der Waals surface area contributed by atoms with E-state index < -0.39 is 0 Å². The molecule has 1 aliphatic carbocycles. The van der Waals surface area contributed by atoms with Gasteiger partial charge in [0, 0.05) is 6.04 Å². The van der Waals surface area contributed by atoms with E-state index in [2.05, 4.69) is 12.2 Å². The fourth-order valence-corrected chi connectivity index (χ4v) is 1.42. The van der Waals surface area contributed by atoms with Crippen LogP contribution in [-0.4, -0.2) is 18.0 Å². The van der Waals surface area contributed by atoms with Gasteiger partial charge in [0.1, 0.15) is 0 Å². The Morgan fingerprint density at radius 3 is 2.62 bits per heavy atom. The van der Waals surface area contributed by atoms with Gasteiger partial charge < -0.3 is 11.1 Å². The third kappa shape index (κ3) is 3.77. The van der Waals surface area contributed by atoms with E-state index in [0.717, 1.165) is 18.8 Å². The Kier molecular flexibility index (Phi) is 3.72. The Bertz CT molecular complexity index is 176. The molecule has 3 N–H and O–H groups in total. The van der Waals surface area contributed by atoms with Gasteiger partial charge in [0.2, 0.25) is 5.91 Å². The lowest BCUT2D eigenvalue weighted by atomic mass is 10.1. The molecule has 0 heterocycles. The van der Waals surface area contributed by atoms with E-state index in [4.69, 9.17) is 5.73 Å². The first-order chi connectivity index (χ1) is 6.13. The topological polar surface area (TPSA) is 55.1 Å². The SMILES string of the molecule is CCC(CC1CC1)NC(=O)[C@H](C)N. The molecule has 0 aliphatic heterocycles. The minimum atomic E-state index is -0.381. The van der Waals surface area contributed by atoms with Crippen molar-refractivity contribution in [2.24, 2.45) is 11.7 Å². The molecule has 2 atom stereocenters. The quantitative estimate of drug-likeness (QED) is 0.670. The summed E-state index contributed by atoms with van der Waals surface area (Å²) in [5.41, 5.74) is 5.47. The number of rotatable bonds is 5. The van der Waals surface area contributed by atoms with Gasteiger partial charge in [-0.05, 0) is 25.7 Å². The molecule has 0 aromatic heterocycles. The van der Waals surface area contributed by atoms with E-state index in [-0.39, 0.29) is 11.9 Å². The number of carbonyl (C=O) groups excluding carboxylic acids is 1.